The van der Waals surface area contributed by atoms with E-state index in [9.17, 15) is 4.79 Å². The van der Waals surface area contributed by atoms with Crippen LogP contribution in [0.3, 0.4) is 0 Å². The SMILES string of the molecule is Cc1cccc(NC(=O)C2CC3CCC2C3)n1. The van der Waals surface area contributed by atoms with Crippen LogP contribution in [0.15, 0.2) is 18.2 Å². The highest BCUT2D eigenvalue weighted by Gasteiger charge is 2.43. The van der Waals surface area contributed by atoms with E-state index in [0.29, 0.717) is 11.7 Å². The quantitative estimate of drug-likeness (QED) is 0.848. The maximum absolute atomic E-state index is 12.2. The summed E-state index contributed by atoms with van der Waals surface area (Å²) in [6.45, 7) is 1.94. The summed E-state index contributed by atoms with van der Waals surface area (Å²) in [4.78, 5) is 16.5. The molecule has 3 nitrogen and oxygen atoms in total. The zero-order chi connectivity index (χ0) is 11.8. The number of amides is 1. The van der Waals surface area contributed by atoms with Gasteiger partial charge in [-0.05, 0) is 50.2 Å². The number of nitrogens with one attached hydrogen (secondary N) is 1. The number of hydrogen-bond acceptors (Lipinski definition) is 2. The Bertz CT molecular complexity index is 444. The lowest BCUT2D eigenvalue weighted by atomic mass is 9.88. The van der Waals surface area contributed by atoms with Crippen LogP contribution in [-0.4, -0.2) is 10.9 Å². The minimum Gasteiger partial charge on any atom is -0.310 e. The molecule has 1 heterocycles. The summed E-state index contributed by atoms with van der Waals surface area (Å²) in [5.74, 6) is 2.54. The standard InChI is InChI=1S/C14H18N2O/c1-9-3-2-4-13(15-9)16-14(17)12-8-10-5-6-11(12)7-10/h2-4,10-12H,5-8H2,1H3,(H,15,16,17). The number of aromatic nitrogens is 1. The van der Waals surface area contributed by atoms with Crippen molar-refractivity contribution < 1.29 is 4.79 Å². The van der Waals surface area contributed by atoms with Crippen molar-refractivity contribution in [1.82, 2.24) is 4.98 Å². The van der Waals surface area contributed by atoms with Crippen molar-refractivity contribution in [3.63, 3.8) is 0 Å². The topological polar surface area (TPSA) is 42.0 Å². The molecule has 3 rings (SSSR count). The number of rotatable bonds is 2. The third kappa shape index (κ3) is 2.06. The molecule has 1 aromatic rings. The van der Waals surface area contributed by atoms with Gasteiger partial charge in [-0.1, -0.05) is 12.5 Å². The summed E-state index contributed by atoms with van der Waals surface area (Å²) in [5.41, 5.74) is 0.941. The second-order valence-electron chi connectivity index (χ2n) is 5.43. The average molecular weight is 230 g/mol. The lowest BCUT2D eigenvalue weighted by Gasteiger charge is -2.20. The molecule has 0 aromatic carbocycles. The van der Waals surface area contributed by atoms with Crippen LogP contribution in [0.2, 0.25) is 0 Å². The Morgan fingerprint density at radius 1 is 1.35 bits per heavy atom. The summed E-state index contributed by atoms with van der Waals surface area (Å²) in [7, 11) is 0. The second-order valence-corrected chi connectivity index (χ2v) is 5.43. The fraction of sp³-hybridized carbons (Fsp3) is 0.571. The molecule has 90 valence electrons. The van der Waals surface area contributed by atoms with E-state index in [-0.39, 0.29) is 11.8 Å². The third-order valence-electron chi connectivity index (χ3n) is 4.21. The van der Waals surface area contributed by atoms with Gasteiger partial charge in [0.2, 0.25) is 5.91 Å². The van der Waals surface area contributed by atoms with Crippen molar-refractivity contribution in [2.75, 3.05) is 5.32 Å². The smallest absolute Gasteiger partial charge is 0.228 e. The molecule has 0 spiro atoms. The minimum absolute atomic E-state index is 0.176. The monoisotopic (exact) mass is 230 g/mol. The van der Waals surface area contributed by atoms with Crippen molar-refractivity contribution in [2.45, 2.75) is 32.6 Å². The first-order chi connectivity index (χ1) is 8.22. The Balaban J connectivity index is 1.68. The molecule has 3 atom stereocenters. The molecule has 3 unspecified atom stereocenters. The maximum Gasteiger partial charge on any atom is 0.228 e. The highest BCUT2D eigenvalue weighted by Crippen LogP contribution is 2.48. The lowest BCUT2D eigenvalue weighted by Crippen LogP contribution is -2.27. The molecule has 0 saturated heterocycles. The molecule has 17 heavy (non-hydrogen) atoms. The maximum atomic E-state index is 12.2. The Kier molecular flexibility index (Phi) is 2.61. The Morgan fingerprint density at radius 2 is 2.24 bits per heavy atom. The zero-order valence-electron chi connectivity index (χ0n) is 10.1. The number of carbonyl (C=O) groups excluding carboxylic acids is 1. The van der Waals surface area contributed by atoms with Crippen LogP contribution in [0.25, 0.3) is 0 Å². The van der Waals surface area contributed by atoms with Gasteiger partial charge in [0.05, 0.1) is 0 Å². The van der Waals surface area contributed by atoms with Gasteiger partial charge in [0.15, 0.2) is 0 Å². The number of fused-ring (bicyclic) bond motifs is 2. The van der Waals surface area contributed by atoms with Crippen LogP contribution in [0.4, 0.5) is 5.82 Å². The zero-order valence-corrected chi connectivity index (χ0v) is 10.1. The largest absolute Gasteiger partial charge is 0.310 e. The van der Waals surface area contributed by atoms with E-state index in [0.717, 1.165) is 18.0 Å². The van der Waals surface area contributed by atoms with Gasteiger partial charge < -0.3 is 5.32 Å². The molecule has 1 aromatic heterocycles. The fourth-order valence-electron chi connectivity index (χ4n) is 3.40. The summed E-state index contributed by atoms with van der Waals surface area (Å²) in [6.07, 6.45) is 4.92. The predicted octanol–water partition coefficient (Wildman–Crippen LogP) is 2.76. The van der Waals surface area contributed by atoms with Gasteiger partial charge in [-0.2, -0.15) is 0 Å². The highest BCUT2D eigenvalue weighted by molar-refractivity contribution is 5.92. The van der Waals surface area contributed by atoms with Crippen molar-refractivity contribution in [3.05, 3.63) is 23.9 Å². The van der Waals surface area contributed by atoms with E-state index in [1.54, 1.807) is 0 Å². The van der Waals surface area contributed by atoms with Gasteiger partial charge in [0.25, 0.3) is 0 Å². The normalized spacial score (nSPS) is 30.5. The van der Waals surface area contributed by atoms with Crippen LogP contribution in [0.5, 0.6) is 0 Å². The number of aryl methyl sites for hydroxylation is 1. The van der Waals surface area contributed by atoms with Gasteiger partial charge in [-0.15, -0.1) is 0 Å². The number of carbonyl (C=O) groups is 1. The van der Waals surface area contributed by atoms with E-state index in [1.165, 1.54) is 19.3 Å². The van der Waals surface area contributed by atoms with E-state index < -0.39 is 0 Å². The summed E-state index contributed by atoms with van der Waals surface area (Å²) in [6, 6.07) is 5.73. The molecule has 2 aliphatic rings. The fourth-order valence-corrected chi connectivity index (χ4v) is 3.40. The highest BCUT2D eigenvalue weighted by atomic mass is 16.2. The lowest BCUT2D eigenvalue weighted by molar-refractivity contribution is -0.121. The van der Waals surface area contributed by atoms with Gasteiger partial charge in [0.1, 0.15) is 5.82 Å². The molecular weight excluding hydrogens is 212 g/mol. The van der Waals surface area contributed by atoms with Gasteiger partial charge in [-0.3, -0.25) is 4.79 Å². The first-order valence-electron chi connectivity index (χ1n) is 6.47. The molecule has 0 radical (unpaired) electrons. The molecule has 1 amide bonds. The first kappa shape index (κ1) is 10.8. The molecule has 2 saturated carbocycles. The predicted molar refractivity (Wildman–Crippen MR) is 66.5 cm³/mol. The van der Waals surface area contributed by atoms with E-state index in [2.05, 4.69) is 10.3 Å². The summed E-state index contributed by atoms with van der Waals surface area (Å²) in [5, 5.41) is 2.96. The van der Waals surface area contributed by atoms with Crippen LogP contribution < -0.4 is 5.32 Å². The third-order valence-corrected chi connectivity index (χ3v) is 4.21. The van der Waals surface area contributed by atoms with Crippen molar-refractivity contribution in [3.8, 4) is 0 Å². The summed E-state index contributed by atoms with van der Waals surface area (Å²) >= 11 is 0. The Morgan fingerprint density at radius 3 is 2.88 bits per heavy atom. The summed E-state index contributed by atoms with van der Waals surface area (Å²) < 4.78 is 0. The number of anilines is 1. The van der Waals surface area contributed by atoms with Crippen LogP contribution >= 0.6 is 0 Å². The van der Waals surface area contributed by atoms with Crippen LogP contribution in [0, 0.1) is 24.7 Å². The Hall–Kier alpha value is -1.38. The van der Waals surface area contributed by atoms with E-state index >= 15 is 0 Å². The molecule has 1 N–H and O–H groups in total. The van der Waals surface area contributed by atoms with Crippen molar-refractivity contribution in [2.24, 2.45) is 17.8 Å². The minimum atomic E-state index is 0.176. The van der Waals surface area contributed by atoms with Crippen molar-refractivity contribution in [1.29, 1.82) is 0 Å². The second kappa shape index (κ2) is 4.13. The average Bonchev–Trinajstić information content (AvgIpc) is 2.90. The van der Waals surface area contributed by atoms with E-state index in [4.69, 9.17) is 0 Å². The van der Waals surface area contributed by atoms with Gasteiger partial charge >= 0.3 is 0 Å². The van der Waals surface area contributed by atoms with Gasteiger partial charge in [-0.25, -0.2) is 4.98 Å². The van der Waals surface area contributed by atoms with Crippen molar-refractivity contribution >= 4 is 11.7 Å². The molecule has 2 aliphatic carbocycles. The number of nitrogens with zero attached hydrogens (tertiary/aromatic N) is 1. The molecule has 2 bridgehead atoms. The van der Waals surface area contributed by atoms with E-state index in [1.807, 2.05) is 25.1 Å². The Labute approximate surface area is 102 Å². The molecule has 3 heteroatoms. The van der Waals surface area contributed by atoms with Crippen LogP contribution in [0.1, 0.15) is 31.4 Å². The molecule has 2 fully saturated rings. The first-order valence-corrected chi connectivity index (χ1v) is 6.47. The number of pyridine rings is 1. The van der Waals surface area contributed by atoms with Crippen LogP contribution in [-0.2, 0) is 4.79 Å². The molecule has 0 aliphatic heterocycles. The number of hydrogen-bond donors (Lipinski definition) is 1. The van der Waals surface area contributed by atoms with Gasteiger partial charge in [0, 0.05) is 11.6 Å². The molecular formula is C14H18N2O.